The van der Waals surface area contributed by atoms with Crippen molar-refractivity contribution in [2.75, 3.05) is 13.2 Å². The fourth-order valence-corrected chi connectivity index (χ4v) is 1.79. The Balaban J connectivity index is 2.60. The van der Waals surface area contributed by atoms with E-state index in [1.54, 1.807) is 0 Å². The molecule has 14 heavy (non-hydrogen) atoms. The van der Waals surface area contributed by atoms with Crippen LogP contribution < -0.4 is 0 Å². The number of hydrogen-bond acceptors (Lipinski definition) is 2. The summed E-state index contributed by atoms with van der Waals surface area (Å²) in [7, 11) is 0. The molecule has 3 heteroatoms. The van der Waals surface area contributed by atoms with Crippen LogP contribution in [0.5, 0.6) is 0 Å². The highest BCUT2D eigenvalue weighted by atomic mass is 16.5. The summed E-state index contributed by atoms with van der Waals surface area (Å²) in [5, 5.41) is 9.22. The molecule has 0 aromatic rings. The molecule has 0 amide bonds. The minimum atomic E-state index is -0.679. The summed E-state index contributed by atoms with van der Waals surface area (Å²) in [6, 6.07) is 0. The van der Waals surface area contributed by atoms with Gasteiger partial charge in [0.15, 0.2) is 0 Å². The number of carbonyl (C=O) groups is 1. The van der Waals surface area contributed by atoms with Crippen LogP contribution in [0.1, 0.15) is 32.6 Å². The molecular formula is C11H18O3. The van der Waals surface area contributed by atoms with E-state index in [-0.39, 0.29) is 0 Å². The van der Waals surface area contributed by atoms with Crippen molar-refractivity contribution in [2.24, 2.45) is 5.41 Å². The van der Waals surface area contributed by atoms with Gasteiger partial charge in [-0.3, -0.25) is 4.79 Å². The van der Waals surface area contributed by atoms with Crippen molar-refractivity contribution in [2.45, 2.75) is 32.6 Å². The van der Waals surface area contributed by atoms with E-state index in [2.05, 4.69) is 6.58 Å². The Morgan fingerprint density at radius 3 is 2.50 bits per heavy atom. The van der Waals surface area contributed by atoms with E-state index >= 15 is 0 Å². The van der Waals surface area contributed by atoms with Crippen LogP contribution in [0.25, 0.3) is 0 Å². The molecule has 0 aliphatic carbocycles. The summed E-state index contributed by atoms with van der Waals surface area (Å²) < 4.78 is 5.20. The van der Waals surface area contributed by atoms with Crippen LogP contribution in [0.2, 0.25) is 0 Å². The van der Waals surface area contributed by atoms with E-state index in [4.69, 9.17) is 4.74 Å². The van der Waals surface area contributed by atoms with Gasteiger partial charge in [0.05, 0.1) is 5.41 Å². The summed E-state index contributed by atoms with van der Waals surface area (Å²) in [5.74, 6) is -0.679. The van der Waals surface area contributed by atoms with Gasteiger partial charge in [0.2, 0.25) is 0 Å². The van der Waals surface area contributed by atoms with Crippen molar-refractivity contribution >= 4 is 5.97 Å². The van der Waals surface area contributed by atoms with Crippen molar-refractivity contribution in [1.29, 1.82) is 0 Å². The molecule has 0 bridgehead atoms. The molecule has 1 heterocycles. The third kappa shape index (κ3) is 2.58. The molecule has 3 nitrogen and oxygen atoms in total. The molecule has 1 fully saturated rings. The Hall–Kier alpha value is -0.830. The Kier molecular flexibility index (Phi) is 3.69. The molecule has 0 atom stereocenters. The van der Waals surface area contributed by atoms with Gasteiger partial charge in [-0.15, -0.1) is 6.58 Å². The van der Waals surface area contributed by atoms with Crippen LogP contribution in [0.15, 0.2) is 12.2 Å². The summed E-state index contributed by atoms with van der Waals surface area (Å²) in [4.78, 5) is 11.2. The summed E-state index contributed by atoms with van der Waals surface area (Å²) in [6.07, 6.45) is 2.76. The van der Waals surface area contributed by atoms with Gasteiger partial charge in [0.25, 0.3) is 0 Å². The van der Waals surface area contributed by atoms with Crippen molar-refractivity contribution in [1.82, 2.24) is 0 Å². The molecule has 0 spiro atoms. The van der Waals surface area contributed by atoms with Gasteiger partial charge in [0, 0.05) is 13.2 Å². The van der Waals surface area contributed by atoms with E-state index in [0.717, 1.165) is 12.0 Å². The maximum Gasteiger partial charge on any atom is 0.309 e. The van der Waals surface area contributed by atoms with E-state index in [1.807, 2.05) is 6.92 Å². The molecule has 1 saturated heterocycles. The number of allylic oxidation sites excluding steroid dienone is 1. The first-order chi connectivity index (χ1) is 6.57. The Bertz CT molecular complexity index is 227. The fraction of sp³-hybridized carbons (Fsp3) is 0.727. The average Bonchev–Trinajstić information content (AvgIpc) is 2.16. The van der Waals surface area contributed by atoms with E-state index < -0.39 is 11.4 Å². The largest absolute Gasteiger partial charge is 0.481 e. The number of aliphatic carboxylic acids is 1. The maximum atomic E-state index is 11.2. The van der Waals surface area contributed by atoms with Gasteiger partial charge in [0.1, 0.15) is 0 Å². The van der Waals surface area contributed by atoms with Crippen molar-refractivity contribution in [3.63, 3.8) is 0 Å². The van der Waals surface area contributed by atoms with Crippen LogP contribution in [0, 0.1) is 5.41 Å². The van der Waals surface area contributed by atoms with Crippen LogP contribution in [0.3, 0.4) is 0 Å². The lowest BCUT2D eigenvalue weighted by Gasteiger charge is -2.33. The molecule has 80 valence electrons. The van der Waals surface area contributed by atoms with Gasteiger partial charge in [-0.1, -0.05) is 5.57 Å². The van der Waals surface area contributed by atoms with E-state index in [0.29, 0.717) is 32.5 Å². The monoisotopic (exact) mass is 198 g/mol. The molecule has 0 unspecified atom stereocenters. The quantitative estimate of drug-likeness (QED) is 0.704. The topological polar surface area (TPSA) is 46.5 Å². The Morgan fingerprint density at radius 2 is 2.07 bits per heavy atom. The first-order valence-corrected chi connectivity index (χ1v) is 5.02. The molecule has 1 aliphatic heterocycles. The molecule has 0 radical (unpaired) electrons. The molecule has 1 aliphatic rings. The number of carboxylic acid groups (broad SMARTS) is 1. The normalized spacial score (nSPS) is 20.4. The minimum Gasteiger partial charge on any atom is -0.481 e. The smallest absolute Gasteiger partial charge is 0.309 e. The first kappa shape index (κ1) is 11.2. The average molecular weight is 198 g/mol. The van der Waals surface area contributed by atoms with Gasteiger partial charge < -0.3 is 9.84 Å². The predicted molar refractivity (Wildman–Crippen MR) is 54.2 cm³/mol. The number of ether oxygens (including phenoxy) is 1. The standard InChI is InChI=1S/C11H18O3/c1-9(2)3-4-11(10(12)13)5-7-14-8-6-11/h1,3-8H2,2H3,(H,12,13). The van der Waals surface area contributed by atoms with Crippen molar-refractivity contribution in [3.05, 3.63) is 12.2 Å². The van der Waals surface area contributed by atoms with Crippen molar-refractivity contribution < 1.29 is 14.6 Å². The highest BCUT2D eigenvalue weighted by Gasteiger charge is 2.39. The SMILES string of the molecule is C=C(C)CCC1(C(=O)O)CCOCC1. The van der Waals surface area contributed by atoms with E-state index in [9.17, 15) is 9.90 Å². The van der Waals surface area contributed by atoms with Gasteiger partial charge in [-0.05, 0) is 32.6 Å². The molecular weight excluding hydrogens is 180 g/mol. The zero-order valence-corrected chi connectivity index (χ0v) is 8.71. The Labute approximate surface area is 84.8 Å². The molecule has 1 N–H and O–H groups in total. The summed E-state index contributed by atoms with van der Waals surface area (Å²) in [6.45, 7) is 6.89. The predicted octanol–water partition coefficient (Wildman–Crippen LogP) is 2.22. The number of rotatable bonds is 4. The number of carboxylic acids is 1. The minimum absolute atomic E-state index is 0.558. The third-order valence-electron chi connectivity index (χ3n) is 2.93. The lowest BCUT2D eigenvalue weighted by Crippen LogP contribution is -2.37. The molecule has 0 saturated carbocycles. The molecule has 1 rings (SSSR count). The zero-order chi connectivity index (χ0) is 10.6. The van der Waals surface area contributed by atoms with Gasteiger partial charge >= 0.3 is 5.97 Å². The third-order valence-corrected chi connectivity index (χ3v) is 2.93. The second-order valence-electron chi connectivity index (χ2n) is 4.15. The number of hydrogen-bond donors (Lipinski definition) is 1. The highest BCUT2D eigenvalue weighted by molar-refractivity contribution is 5.74. The van der Waals surface area contributed by atoms with Crippen LogP contribution in [-0.2, 0) is 9.53 Å². The van der Waals surface area contributed by atoms with Crippen molar-refractivity contribution in [3.8, 4) is 0 Å². The molecule has 0 aromatic heterocycles. The summed E-state index contributed by atoms with van der Waals surface area (Å²) >= 11 is 0. The van der Waals surface area contributed by atoms with E-state index in [1.165, 1.54) is 0 Å². The van der Waals surface area contributed by atoms with Crippen LogP contribution in [0.4, 0.5) is 0 Å². The lowest BCUT2D eigenvalue weighted by molar-refractivity contribution is -0.155. The van der Waals surface area contributed by atoms with Crippen LogP contribution >= 0.6 is 0 Å². The second-order valence-corrected chi connectivity index (χ2v) is 4.15. The first-order valence-electron chi connectivity index (χ1n) is 5.02. The lowest BCUT2D eigenvalue weighted by atomic mass is 9.76. The van der Waals surface area contributed by atoms with Crippen LogP contribution in [-0.4, -0.2) is 24.3 Å². The fourth-order valence-electron chi connectivity index (χ4n) is 1.79. The molecule has 0 aromatic carbocycles. The maximum absolute atomic E-state index is 11.2. The zero-order valence-electron chi connectivity index (χ0n) is 8.71. The highest BCUT2D eigenvalue weighted by Crippen LogP contribution is 2.36. The summed E-state index contributed by atoms with van der Waals surface area (Å²) in [5.41, 5.74) is 0.495. The second kappa shape index (κ2) is 4.60. The van der Waals surface area contributed by atoms with Gasteiger partial charge in [-0.2, -0.15) is 0 Å². The van der Waals surface area contributed by atoms with Gasteiger partial charge in [-0.25, -0.2) is 0 Å². The Morgan fingerprint density at radius 1 is 1.50 bits per heavy atom.